The molecule has 0 aliphatic rings. The molecule has 4 rings (SSSR count). The van der Waals surface area contributed by atoms with E-state index in [4.69, 9.17) is 18.9 Å². The monoisotopic (exact) mass is 512 g/mol. The van der Waals surface area contributed by atoms with E-state index in [1.807, 2.05) is 73.7 Å². The molecular weight excluding hydrogens is 483 g/mol. The molecule has 0 bridgehead atoms. The summed E-state index contributed by atoms with van der Waals surface area (Å²) in [5.74, 6) is 0.899. The Bertz CT molecular complexity index is 1280. The topological polar surface area (TPSA) is 54.0 Å². The Morgan fingerprint density at radius 3 is 2.03 bits per heavy atom. The van der Waals surface area contributed by atoms with E-state index in [2.05, 4.69) is 0 Å². The van der Waals surface area contributed by atoms with Gasteiger partial charge < -0.3 is 18.9 Å². The largest absolute Gasteiger partial charge is 0.490 e. The summed E-state index contributed by atoms with van der Waals surface area (Å²) >= 11 is 0. The normalized spacial score (nSPS) is 10.9. The maximum atomic E-state index is 13.0. The van der Waals surface area contributed by atoms with Crippen molar-refractivity contribution in [2.45, 2.75) is 13.0 Å². The molecule has 0 saturated carbocycles. The van der Waals surface area contributed by atoms with Crippen LogP contribution in [0.4, 0.5) is 4.39 Å². The van der Waals surface area contributed by atoms with Gasteiger partial charge in [0.1, 0.15) is 24.8 Å². The van der Waals surface area contributed by atoms with E-state index in [1.165, 1.54) is 18.2 Å². The Balaban J connectivity index is 1.38. The predicted molar refractivity (Wildman–Crippen MR) is 145 cm³/mol. The summed E-state index contributed by atoms with van der Waals surface area (Å²) in [6.45, 7) is 2.90. The standard InChI is InChI=1S/C32H29FO5/c1-2-35-30-23-24(13-19-29(30)37-22-21-36-28-17-15-27(33)16-18-28)14-20-31(34)38-32(25-9-5-3-6-10-25)26-11-7-4-8-12-26/h3-20,23,32H,2,21-22H2,1H3. The van der Waals surface area contributed by atoms with Crippen molar-refractivity contribution in [1.82, 2.24) is 0 Å². The van der Waals surface area contributed by atoms with Gasteiger partial charge in [-0.05, 0) is 66.1 Å². The molecule has 4 aromatic carbocycles. The molecule has 0 amide bonds. The molecule has 0 fully saturated rings. The Morgan fingerprint density at radius 2 is 1.39 bits per heavy atom. The lowest BCUT2D eigenvalue weighted by Gasteiger charge is -2.18. The summed E-state index contributed by atoms with van der Waals surface area (Å²) < 4.78 is 36.0. The third kappa shape index (κ3) is 7.71. The van der Waals surface area contributed by atoms with Crippen molar-refractivity contribution >= 4 is 12.0 Å². The first-order valence-corrected chi connectivity index (χ1v) is 12.4. The highest BCUT2D eigenvalue weighted by atomic mass is 19.1. The maximum Gasteiger partial charge on any atom is 0.331 e. The molecule has 4 aromatic rings. The van der Waals surface area contributed by atoms with Crippen molar-refractivity contribution in [3.8, 4) is 17.2 Å². The molecule has 0 atom stereocenters. The zero-order chi connectivity index (χ0) is 26.6. The summed E-state index contributed by atoms with van der Waals surface area (Å²) in [6, 6.07) is 30.5. The van der Waals surface area contributed by atoms with Gasteiger partial charge in [0.05, 0.1) is 6.61 Å². The van der Waals surface area contributed by atoms with Crippen LogP contribution in [0.3, 0.4) is 0 Å². The van der Waals surface area contributed by atoms with Gasteiger partial charge in [0, 0.05) is 6.08 Å². The van der Waals surface area contributed by atoms with Gasteiger partial charge in [-0.2, -0.15) is 0 Å². The summed E-state index contributed by atoms with van der Waals surface area (Å²) in [6.07, 6.45) is 2.57. The Labute approximate surface area is 222 Å². The first-order chi connectivity index (χ1) is 18.6. The van der Waals surface area contributed by atoms with Crippen LogP contribution in [0.15, 0.2) is 109 Å². The van der Waals surface area contributed by atoms with Crippen LogP contribution in [0.2, 0.25) is 0 Å². The van der Waals surface area contributed by atoms with Gasteiger partial charge in [0.15, 0.2) is 17.6 Å². The molecule has 5 nitrogen and oxygen atoms in total. The number of hydrogen-bond donors (Lipinski definition) is 0. The van der Waals surface area contributed by atoms with Crippen LogP contribution in [-0.4, -0.2) is 25.8 Å². The van der Waals surface area contributed by atoms with Crippen LogP contribution >= 0.6 is 0 Å². The number of hydrogen-bond acceptors (Lipinski definition) is 5. The molecule has 194 valence electrons. The molecule has 0 aromatic heterocycles. The van der Waals surface area contributed by atoms with Gasteiger partial charge >= 0.3 is 5.97 Å². The molecule has 0 radical (unpaired) electrons. The molecular formula is C32H29FO5. The van der Waals surface area contributed by atoms with Crippen molar-refractivity contribution in [3.63, 3.8) is 0 Å². The van der Waals surface area contributed by atoms with E-state index in [1.54, 1.807) is 30.3 Å². The van der Waals surface area contributed by atoms with Crippen molar-refractivity contribution in [3.05, 3.63) is 132 Å². The van der Waals surface area contributed by atoms with E-state index < -0.39 is 12.1 Å². The van der Waals surface area contributed by atoms with Crippen LogP contribution in [-0.2, 0) is 9.53 Å². The molecule has 0 aliphatic carbocycles. The predicted octanol–water partition coefficient (Wildman–Crippen LogP) is 7.03. The van der Waals surface area contributed by atoms with Crippen molar-refractivity contribution in [1.29, 1.82) is 0 Å². The summed E-state index contributed by atoms with van der Waals surface area (Å²) in [5, 5.41) is 0. The molecule has 0 unspecified atom stereocenters. The molecule has 0 heterocycles. The highest BCUT2D eigenvalue weighted by molar-refractivity contribution is 5.87. The number of halogens is 1. The van der Waals surface area contributed by atoms with Crippen LogP contribution in [0.25, 0.3) is 6.08 Å². The molecule has 0 saturated heterocycles. The second-order valence-electron chi connectivity index (χ2n) is 8.26. The highest BCUT2D eigenvalue weighted by Gasteiger charge is 2.17. The zero-order valence-electron chi connectivity index (χ0n) is 21.1. The molecule has 0 spiro atoms. The van der Waals surface area contributed by atoms with Crippen LogP contribution in [0.5, 0.6) is 17.2 Å². The molecule has 0 N–H and O–H groups in total. The van der Waals surface area contributed by atoms with Crippen molar-refractivity contribution in [2.75, 3.05) is 19.8 Å². The molecule has 0 aliphatic heterocycles. The summed E-state index contributed by atoms with van der Waals surface area (Å²) in [7, 11) is 0. The minimum atomic E-state index is -0.513. The Kier molecular flexibility index (Phi) is 9.51. The maximum absolute atomic E-state index is 13.0. The van der Waals surface area contributed by atoms with E-state index in [0.717, 1.165) is 16.7 Å². The minimum absolute atomic E-state index is 0.277. The Hall–Kier alpha value is -4.58. The van der Waals surface area contributed by atoms with Gasteiger partial charge in [0.2, 0.25) is 0 Å². The summed E-state index contributed by atoms with van der Waals surface area (Å²) in [5.41, 5.74) is 2.55. The van der Waals surface area contributed by atoms with Gasteiger partial charge in [-0.1, -0.05) is 66.7 Å². The van der Waals surface area contributed by atoms with Crippen molar-refractivity contribution in [2.24, 2.45) is 0 Å². The average molecular weight is 513 g/mol. The average Bonchev–Trinajstić information content (AvgIpc) is 2.96. The van der Waals surface area contributed by atoms with Gasteiger partial charge in [0.25, 0.3) is 0 Å². The van der Waals surface area contributed by atoms with E-state index in [9.17, 15) is 9.18 Å². The van der Waals surface area contributed by atoms with Crippen molar-refractivity contribution < 1.29 is 28.1 Å². The van der Waals surface area contributed by atoms with E-state index >= 15 is 0 Å². The number of benzene rings is 4. The van der Waals surface area contributed by atoms with Gasteiger partial charge in [-0.25, -0.2) is 9.18 Å². The third-order valence-electron chi connectivity index (χ3n) is 5.54. The quantitative estimate of drug-likeness (QED) is 0.116. The lowest BCUT2D eigenvalue weighted by molar-refractivity contribution is -0.141. The fraction of sp³-hybridized carbons (Fsp3) is 0.156. The highest BCUT2D eigenvalue weighted by Crippen LogP contribution is 2.30. The van der Waals surface area contributed by atoms with E-state index in [0.29, 0.717) is 23.9 Å². The van der Waals surface area contributed by atoms with Crippen LogP contribution < -0.4 is 14.2 Å². The first-order valence-electron chi connectivity index (χ1n) is 12.4. The fourth-order valence-electron chi connectivity index (χ4n) is 3.76. The number of ether oxygens (including phenoxy) is 4. The Morgan fingerprint density at radius 1 is 0.763 bits per heavy atom. The number of carbonyl (C=O) groups excluding carboxylic acids is 1. The smallest absolute Gasteiger partial charge is 0.331 e. The number of carbonyl (C=O) groups is 1. The zero-order valence-corrected chi connectivity index (χ0v) is 21.1. The van der Waals surface area contributed by atoms with E-state index in [-0.39, 0.29) is 19.0 Å². The minimum Gasteiger partial charge on any atom is -0.490 e. The third-order valence-corrected chi connectivity index (χ3v) is 5.54. The lowest BCUT2D eigenvalue weighted by Crippen LogP contribution is -2.11. The van der Waals surface area contributed by atoms with Gasteiger partial charge in [-0.3, -0.25) is 0 Å². The number of rotatable bonds is 12. The van der Waals surface area contributed by atoms with Crippen LogP contribution in [0, 0.1) is 5.82 Å². The first kappa shape index (κ1) is 26.5. The lowest BCUT2D eigenvalue weighted by atomic mass is 10.0. The fourth-order valence-corrected chi connectivity index (χ4v) is 3.76. The second kappa shape index (κ2) is 13.7. The summed E-state index contributed by atoms with van der Waals surface area (Å²) in [4.78, 5) is 12.8. The molecule has 6 heteroatoms. The number of esters is 1. The SMILES string of the molecule is CCOc1cc(C=CC(=O)OC(c2ccccc2)c2ccccc2)ccc1OCCOc1ccc(F)cc1. The van der Waals surface area contributed by atoms with Gasteiger partial charge in [-0.15, -0.1) is 0 Å². The second-order valence-corrected chi connectivity index (χ2v) is 8.26. The molecule has 38 heavy (non-hydrogen) atoms. The van der Waals surface area contributed by atoms with Crippen LogP contribution in [0.1, 0.15) is 29.7 Å².